The second-order valence-corrected chi connectivity index (χ2v) is 3.59. The molecule has 0 saturated carbocycles. The molecule has 0 bridgehead atoms. The average Bonchev–Trinajstić information content (AvgIpc) is 2.13. The van der Waals surface area contributed by atoms with Crippen molar-refractivity contribution in [2.75, 3.05) is 14.1 Å². The van der Waals surface area contributed by atoms with Crippen LogP contribution in [0.2, 0.25) is 12.6 Å². The summed E-state index contributed by atoms with van der Waals surface area (Å²) in [4.78, 5) is 2.32. The highest BCUT2D eigenvalue weighted by Crippen LogP contribution is 2.26. The summed E-state index contributed by atoms with van der Waals surface area (Å²) in [7, 11) is 4.33. The minimum absolute atomic E-state index is 0.778. The molecule has 0 saturated heterocycles. The molecule has 0 atom stereocenters. The Morgan fingerprint density at radius 3 is 1.70 bits per heavy atom. The van der Waals surface area contributed by atoms with Gasteiger partial charge < -0.3 is 4.81 Å². The van der Waals surface area contributed by atoms with Crippen LogP contribution in [0.5, 0.6) is 0 Å². The average molecular weight is 137 g/mol. The topological polar surface area (TPSA) is 3.24 Å². The van der Waals surface area contributed by atoms with Crippen molar-refractivity contribution in [2.24, 2.45) is 0 Å². The number of hydrogen-bond acceptors (Lipinski definition) is 1. The minimum Gasteiger partial charge on any atom is -0.347 e. The summed E-state index contributed by atoms with van der Waals surface area (Å²) < 4.78 is 0. The maximum absolute atomic E-state index is 2.32. The molecule has 1 nitrogen and oxygen atoms in total. The molecule has 1 heterocycles. The lowest BCUT2D eigenvalue weighted by molar-refractivity contribution is 0.640. The van der Waals surface area contributed by atoms with Crippen LogP contribution in [0.25, 0.3) is 0 Å². The Morgan fingerprint density at radius 1 is 1.10 bits per heavy atom. The van der Waals surface area contributed by atoms with Crippen LogP contribution >= 0.6 is 0 Å². The summed E-state index contributed by atoms with van der Waals surface area (Å²) >= 11 is 0. The lowest BCUT2D eigenvalue weighted by Gasteiger charge is -2.14. The molecule has 1 rings (SSSR count). The molecule has 1 aliphatic rings. The third-order valence-corrected chi connectivity index (χ3v) is 2.54. The van der Waals surface area contributed by atoms with E-state index in [9.17, 15) is 0 Å². The molecular formula is C8H16BN. The molecule has 0 aromatic heterocycles. The monoisotopic (exact) mass is 137 g/mol. The Bertz CT molecular complexity index is 147. The van der Waals surface area contributed by atoms with E-state index in [-0.39, 0.29) is 0 Å². The largest absolute Gasteiger partial charge is 0.347 e. The van der Waals surface area contributed by atoms with E-state index in [1.165, 1.54) is 12.6 Å². The van der Waals surface area contributed by atoms with Gasteiger partial charge in [0.05, 0.1) is 0 Å². The smallest absolute Gasteiger partial charge is 0.231 e. The zero-order valence-electron chi connectivity index (χ0n) is 7.44. The van der Waals surface area contributed by atoms with E-state index in [0.29, 0.717) is 0 Å². The van der Waals surface area contributed by atoms with Gasteiger partial charge in [0.1, 0.15) is 0 Å². The molecule has 10 heavy (non-hydrogen) atoms. The fraction of sp³-hybridized carbons (Fsp3) is 0.750. The summed E-state index contributed by atoms with van der Waals surface area (Å²) in [6, 6.07) is 0. The first-order valence-corrected chi connectivity index (χ1v) is 3.93. The molecule has 56 valence electrons. The molecule has 0 aliphatic carbocycles. The zero-order chi connectivity index (χ0) is 7.72. The molecule has 0 fully saturated rings. The van der Waals surface area contributed by atoms with Crippen LogP contribution < -0.4 is 0 Å². The second-order valence-electron chi connectivity index (χ2n) is 3.59. The van der Waals surface area contributed by atoms with Crippen LogP contribution in [0.4, 0.5) is 0 Å². The van der Waals surface area contributed by atoms with Gasteiger partial charge in [-0.25, -0.2) is 0 Å². The molecule has 0 aromatic rings. The van der Waals surface area contributed by atoms with Gasteiger partial charge in [-0.3, -0.25) is 0 Å². The molecule has 0 unspecified atom stereocenters. The van der Waals surface area contributed by atoms with Crippen LogP contribution in [0, 0.1) is 0 Å². The highest BCUT2D eigenvalue weighted by atomic mass is 15.0. The second kappa shape index (κ2) is 2.79. The molecule has 2 heteroatoms. The predicted molar refractivity (Wildman–Crippen MR) is 47.4 cm³/mol. The Morgan fingerprint density at radius 2 is 1.50 bits per heavy atom. The third kappa shape index (κ3) is 1.43. The van der Waals surface area contributed by atoms with E-state index >= 15 is 0 Å². The fourth-order valence-electron chi connectivity index (χ4n) is 1.49. The Balaban J connectivity index is 2.51. The Hall–Kier alpha value is -0.235. The van der Waals surface area contributed by atoms with Crippen molar-refractivity contribution >= 4 is 6.85 Å². The first kappa shape index (κ1) is 7.87. The van der Waals surface area contributed by atoms with Gasteiger partial charge in [0.25, 0.3) is 0 Å². The van der Waals surface area contributed by atoms with Crippen molar-refractivity contribution in [3.63, 3.8) is 0 Å². The van der Waals surface area contributed by atoms with Crippen molar-refractivity contribution in [1.29, 1.82) is 0 Å². The maximum atomic E-state index is 2.32. The van der Waals surface area contributed by atoms with E-state index < -0.39 is 0 Å². The van der Waals surface area contributed by atoms with E-state index in [0.717, 1.165) is 6.85 Å². The predicted octanol–water partition coefficient (Wildman–Crippen LogP) is 1.89. The summed E-state index contributed by atoms with van der Waals surface area (Å²) in [5.74, 6) is 0. The molecule has 0 N–H and O–H groups in total. The normalized spacial score (nSPS) is 19.5. The number of rotatable bonds is 1. The maximum Gasteiger partial charge on any atom is 0.231 e. The van der Waals surface area contributed by atoms with Crippen molar-refractivity contribution in [3.05, 3.63) is 11.1 Å². The number of hydrogen-bond donors (Lipinski definition) is 0. The fourth-order valence-corrected chi connectivity index (χ4v) is 1.49. The minimum atomic E-state index is 0.778. The van der Waals surface area contributed by atoms with E-state index in [1.54, 1.807) is 11.1 Å². The van der Waals surface area contributed by atoms with Gasteiger partial charge in [0.15, 0.2) is 0 Å². The standard InChI is InChI=1S/C8H16BN/c1-7-5-9(10(3)4)6-8(7)2/h5-6H2,1-4H3. The molecule has 0 radical (unpaired) electrons. The first-order valence-electron chi connectivity index (χ1n) is 3.93. The quantitative estimate of drug-likeness (QED) is 0.394. The van der Waals surface area contributed by atoms with Crippen molar-refractivity contribution < 1.29 is 0 Å². The summed E-state index contributed by atoms with van der Waals surface area (Å²) in [6.07, 6.45) is 2.55. The van der Waals surface area contributed by atoms with Gasteiger partial charge in [-0.2, -0.15) is 0 Å². The third-order valence-electron chi connectivity index (χ3n) is 2.54. The molecule has 0 amide bonds. The lowest BCUT2D eigenvalue weighted by atomic mass is 9.57. The van der Waals surface area contributed by atoms with Crippen LogP contribution in [-0.2, 0) is 0 Å². The van der Waals surface area contributed by atoms with Crippen molar-refractivity contribution in [1.82, 2.24) is 4.81 Å². The zero-order valence-corrected chi connectivity index (χ0v) is 7.44. The van der Waals surface area contributed by atoms with Crippen LogP contribution in [0.1, 0.15) is 13.8 Å². The highest BCUT2D eigenvalue weighted by Gasteiger charge is 2.24. The van der Waals surface area contributed by atoms with Gasteiger partial charge >= 0.3 is 0 Å². The number of allylic oxidation sites excluding steroid dienone is 2. The highest BCUT2D eigenvalue weighted by molar-refractivity contribution is 6.58. The van der Waals surface area contributed by atoms with Crippen molar-refractivity contribution in [2.45, 2.75) is 26.5 Å². The van der Waals surface area contributed by atoms with Gasteiger partial charge in [-0.05, 0) is 40.6 Å². The lowest BCUT2D eigenvalue weighted by Crippen LogP contribution is -2.29. The van der Waals surface area contributed by atoms with Gasteiger partial charge in [-0.15, -0.1) is 0 Å². The molecular weight excluding hydrogens is 121 g/mol. The molecule has 0 spiro atoms. The van der Waals surface area contributed by atoms with Gasteiger partial charge in [-0.1, -0.05) is 11.1 Å². The van der Waals surface area contributed by atoms with E-state index in [2.05, 4.69) is 32.8 Å². The molecule has 1 aliphatic heterocycles. The van der Waals surface area contributed by atoms with Crippen LogP contribution in [0.3, 0.4) is 0 Å². The van der Waals surface area contributed by atoms with Crippen molar-refractivity contribution in [3.8, 4) is 0 Å². The molecule has 0 aromatic carbocycles. The van der Waals surface area contributed by atoms with Crippen LogP contribution in [-0.4, -0.2) is 25.8 Å². The van der Waals surface area contributed by atoms with Gasteiger partial charge in [0, 0.05) is 0 Å². The van der Waals surface area contributed by atoms with E-state index in [4.69, 9.17) is 0 Å². The summed E-state index contributed by atoms with van der Waals surface area (Å²) in [5, 5.41) is 0. The Labute approximate surface area is 64.2 Å². The Kier molecular flexibility index (Phi) is 2.19. The van der Waals surface area contributed by atoms with Gasteiger partial charge in [0.2, 0.25) is 6.85 Å². The number of nitrogens with zero attached hydrogens (tertiary/aromatic N) is 1. The van der Waals surface area contributed by atoms with E-state index in [1.807, 2.05) is 0 Å². The summed E-state index contributed by atoms with van der Waals surface area (Å²) in [5.41, 5.74) is 3.19. The van der Waals surface area contributed by atoms with Crippen LogP contribution in [0.15, 0.2) is 11.1 Å². The summed E-state index contributed by atoms with van der Waals surface area (Å²) in [6.45, 7) is 5.28. The SMILES string of the molecule is CC1=C(C)CB(N(C)C)C1. The first-order chi connectivity index (χ1) is 4.61.